The molecule has 152 valence electrons. The summed E-state index contributed by atoms with van der Waals surface area (Å²) in [6.07, 6.45) is 5.46. The molecule has 0 atom stereocenters. The Morgan fingerprint density at radius 1 is 1.07 bits per heavy atom. The number of aromatic nitrogens is 1. The van der Waals surface area contributed by atoms with Crippen molar-refractivity contribution in [3.05, 3.63) is 65.4 Å². The van der Waals surface area contributed by atoms with E-state index in [1.807, 2.05) is 0 Å². The second-order valence-corrected chi connectivity index (χ2v) is 10.1. The summed E-state index contributed by atoms with van der Waals surface area (Å²) in [6.45, 7) is 16.8. The second kappa shape index (κ2) is 7.09. The van der Waals surface area contributed by atoms with Crippen molar-refractivity contribution in [3.8, 4) is 11.1 Å². The van der Waals surface area contributed by atoms with Crippen molar-refractivity contribution in [1.82, 2.24) is 4.57 Å². The Balaban J connectivity index is 1.86. The van der Waals surface area contributed by atoms with Gasteiger partial charge in [0.05, 0.1) is 17.9 Å². The van der Waals surface area contributed by atoms with Crippen LogP contribution < -0.4 is 4.90 Å². The van der Waals surface area contributed by atoms with Gasteiger partial charge in [0.15, 0.2) is 0 Å². The summed E-state index contributed by atoms with van der Waals surface area (Å²) < 4.78 is 2.38. The molecule has 0 amide bonds. The fraction of sp³-hybridized carbons (Fsp3) is 0.407. The van der Waals surface area contributed by atoms with E-state index in [2.05, 4.69) is 94.2 Å². The van der Waals surface area contributed by atoms with Crippen LogP contribution in [0.25, 0.3) is 22.0 Å². The van der Waals surface area contributed by atoms with Crippen molar-refractivity contribution in [1.29, 1.82) is 0 Å². The van der Waals surface area contributed by atoms with Crippen LogP contribution in [-0.4, -0.2) is 11.6 Å². The number of rotatable bonds is 5. The molecule has 1 aromatic heterocycles. The SMILES string of the molecule is C=C(CCC(C)(C)C)Cc1c(C)c2c3c(ccn3CN2C)c1-c1ccc(C)cc1. The summed E-state index contributed by atoms with van der Waals surface area (Å²) in [6, 6.07) is 11.3. The fourth-order valence-corrected chi connectivity index (χ4v) is 4.65. The van der Waals surface area contributed by atoms with Gasteiger partial charge in [-0.05, 0) is 66.8 Å². The first kappa shape index (κ1) is 19.8. The van der Waals surface area contributed by atoms with Gasteiger partial charge in [-0.3, -0.25) is 0 Å². The lowest BCUT2D eigenvalue weighted by atomic mass is 9.84. The average molecular weight is 387 g/mol. The van der Waals surface area contributed by atoms with Crippen LogP contribution in [0.4, 0.5) is 5.69 Å². The van der Waals surface area contributed by atoms with Gasteiger partial charge < -0.3 is 9.47 Å². The number of hydrogen-bond donors (Lipinski definition) is 0. The molecule has 3 aromatic rings. The van der Waals surface area contributed by atoms with Gasteiger partial charge in [-0.25, -0.2) is 0 Å². The number of anilines is 1. The Morgan fingerprint density at radius 2 is 1.76 bits per heavy atom. The summed E-state index contributed by atoms with van der Waals surface area (Å²) in [7, 11) is 2.21. The molecule has 1 aliphatic heterocycles. The van der Waals surface area contributed by atoms with Crippen LogP contribution in [0.3, 0.4) is 0 Å². The van der Waals surface area contributed by atoms with E-state index in [0.29, 0.717) is 5.41 Å². The quantitative estimate of drug-likeness (QED) is 0.419. The summed E-state index contributed by atoms with van der Waals surface area (Å²) in [4.78, 5) is 2.39. The molecule has 0 N–H and O–H groups in total. The molecule has 2 heteroatoms. The number of nitrogens with zero attached hydrogens (tertiary/aromatic N) is 2. The Labute approximate surface area is 175 Å². The van der Waals surface area contributed by atoms with Crippen molar-refractivity contribution in [2.24, 2.45) is 5.41 Å². The van der Waals surface area contributed by atoms with E-state index in [-0.39, 0.29) is 0 Å². The molecular formula is C27H34N2. The molecule has 29 heavy (non-hydrogen) atoms. The molecular weight excluding hydrogens is 352 g/mol. The Morgan fingerprint density at radius 3 is 2.41 bits per heavy atom. The van der Waals surface area contributed by atoms with E-state index in [0.717, 1.165) is 19.5 Å². The second-order valence-electron chi connectivity index (χ2n) is 10.1. The first-order chi connectivity index (χ1) is 13.7. The van der Waals surface area contributed by atoms with Crippen molar-refractivity contribution < 1.29 is 0 Å². The molecule has 0 bridgehead atoms. The lowest BCUT2D eigenvalue weighted by Gasteiger charge is -2.23. The first-order valence-electron chi connectivity index (χ1n) is 10.7. The van der Waals surface area contributed by atoms with Gasteiger partial charge in [-0.15, -0.1) is 0 Å². The molecule has 1 aliphatic rings. The number of hydrogen-bond acceptors (Lipinski definition) is 1. The third-order valence-electron chi connectivity index (χ3n) is 6.31. The summed E-state index contributed by atoms with van der Waals surface area (Å²) in [5.41, 5.74) is 11.3. The zero-order valence-corrected chi connectivity index (χ0v) is 18.9. The largest absolute Gasteiger partial charge is 0.355 e. The van der Waals surface area contributed by atoms with Gasteiger partial charge >= 0.3 is 0 Å². The van der Waals surface area contributed by atoms with Crippen molar-refractivity contribution in [3.63, 3.8) is 0 Å². The Kier molecular flexibility index (Phi) is 4.85. The predicted molar refractivity (Wildman–Crippen MR) is 127 cm³/mol. The van der Waals surface area contributed by atoms with Crippen LogP contribution in [-0.2, 0) is 13.1 Å². The molecule has 2 aromatic carbocycles. The molecule has 0 radical (unpaired) electrons. The lowest BCUT2D eigenvalue weighted by molar-refractivity contribution is 0.377. The minimum atomic E-state index is 0.341. The Hall–Kier alpha value is -2.48. The molecule has 0 saturated carbocycles. The molecule has 0 fully saturated rings. The zero-order chi connectivity index (χ0) is 20.9. The van der Waals surface area contributed by atoms with Gasteiger partial charge in [0, 0.05) is 18.6 Å². The molecule has 4 rings (SSSR count). The predicted octanol–water partition coefficient (Wildman–Crippen LogP) is 7.26. The van der Waals surface area contributed by atoms with E-state index in [4.69, 9.17) is 0 Å². The van der Waals surface area contributed by atoms with Crippen LogP contribution in [0.2, 0.25) is 0 Å². The number of aryl methyl sites for hydroxylation is 1. The van der Waals surface area contributed by atoms with E-state index in [1.54, 1.807) is 0 Å². The van der Waals surface area contributed by atoms with E-state index >= 15 is 0 Å². The molecule has 0 spiro atoms. The highest BCUT2D eigenvalue weighted by molar-refractivity contribution is 6.06. The summed E-state index contributed by atoms with van der Waals surface area (Å²) >= 11 is 0. The smallest absolute Gasteiger partial charge is 0.0944 e. The maximum absolute atomic E-state index is 4.48. The van der Waals surface area contributed by atoms with Crippen molar-refractivity contribution >= 4 is 16.6 Å². The average Bonchev–Trinajstić information content (AvgIpc) is 3.18. The van der Waals surface area contributed by atoms with Gasteiger partial charge in [-0.2, -0.15) is 0 Å². The fourth-order valence-electron chi connectivity index (χ4n) is 4.65. The summed E-state index contributed by atoms with van der Waals surface area (Å²) in [5.74, 6) is 0. The topological polar surface area (TPSA) is 8.17 Å². The first-order valence-corrected chi connectivity index (χ1v) is 10.7. The third-order valence-corrected chi connectivity index (χ3v) is 6.31. The highest BCUT2D eigenvalue weighted by Crippen LogP contribution is 2.45. The molecule has 0 aliphatic carbocycles. The van der Waals surface area contributed by atoms with Crippen LogP contribution >= 0.6 is 0 Å². The third kappa shape index (κ3) is 3.61. The number of allylic oxidation sites excluding steroid dienone is 1. The van der Waals surface area contributed by atoms with Gasteiger partial charge in [0.25, 0.3) is 0 Å². The zero-order valence-electron chi connectivity index (χ0n) is 18.9. The van der Waals surface area contributed by atoms with E-state index < -0.39 is 0 Å². The molecule has 2 nitrogen and oxygen atoms in total. The maximum atomic E-state index is 4.48. The summed E-state index contributed by atoms with van der Waals surface area (Å²) in [5, 5.41) is 1.37. The standard InChI is InChI=1S/C27H34N2/c1-18-8-10-21(11-9-18)24-22-13-15-29-17-28(7)25(26(22)29)20(3)23(24)16-19(2)12-14-27(4,5)6/h8-11,13,15H,2,12,14,16-17H2,1,3-7H3. The Bertz CT molecular complexity index is 1070. The highest BCUT2D eigenvalue weighted by atomic mass is 15.3. The monoisotopic (exact) mass is 386 g/mol. The van der Waals surface area contributed by atoms with Gasteiger partial charge in [0.1, 0.15) is 0 Å². The number of benzene rings is 2. The van der Waals surface area contributed by atoms with E-state index in [1.165, 1.54) is 56.4 Å². The maximum Gasteiger partial charge on any atom is 0.0944 e. The van der Waals surface area contributed by atoms with E-state index in [9.17, 15) is 0 Å². The molecule has 0 saturated heterocycles. The van der Waals surface area contributed by atoms with Gasteiger partial charge in [0.2, 0.25) is 0 Å². The van der Waals surface area contributed by atoms with Crippen LogP contribution in [0.5, 0.6) is 0 Å². The minimum Gasteiger partial charge on any atom is -0.355 e. The molecule has 2 heterocycles. The normalized spacial score (nSPS) is 13.5. The molecule has 0 unspecified atom stereocenters. The minimum absolute atomic E-state index is 0.341. The van der Waals surface area contributed by atoms with Crippen molar-refractivity contribution in [2.45, 2.75) is 60.5 Å². The lowest BCUT2D eigenvalue weighted by Crippen LogP contribution is -2.15. The van der Waals surface area contributed by atoms with Crippen molar-refractivity contribution in [2.75, 3.05) is 11.9 Å². The highest BCUT2D eigenvalue weighted by Gasteiger charge is 2.27. The van der Waals surface area contributed by atoms with Crippen LogP contribution in [0.15, 0.2) is 48.7 Å². The van der Waals surface area contributed by atoms with Gasteiger partial charge in [-0.1, -0.05) is 62.8 Å². The van der Waals surface area contributed by atoms with Crippen LogP contribution in [0.1, 0.15) is 50.3 Å². The van der Waals surface area contributed by atoms with Crippen LogP contribution in [0, 0.1) is 19.3 Å².